The lowest BCUT2D eigenvalue weighted by Crippen LogP contribution is -2.36. The highest BCUT2D eigenvalue weighted by molar-refractivity contribution is 5.84. The maximum absolute atomic E-state index is 12.1. The molecule has 0 radical (unpaired) electrons. The third-order valence-electron chi connectivity index (χ3n) is 4.38. The first-order valence-corrected chi connectivity index (χ1v) is 9.27. The summed E-state index contributed by atoms with van der Waals surface area (Å²) in [4.78, 5) is 24.1. The van der Waals surface area contributed by atoms with Crippen LogP contribution in [0.4, 0.5) is 0 Å². The smallest absolute Gasteiger partial charge is 0.344 e. The number of ether oxygens (including phenoxy) is 3. The van der Waals surface area contributed by atoms with Crippen molar-refractivity contribution in [2.45, 2.75) is 19.6 Å². The van der Waals surface area contributed by atoms with Crippen LogP contribution in [-0.4, -0.2) is 31.7 Å². The largest absolute Gasteiger partial charge is 0.497 e. The number of hydrogen-bond donors (Lipinski definition) is 1. The van der Waals surface area contributed by atoms with Gasteiger partial charge in [0.2, 0.25) is 0 Å². The highest BCUT2D eigenvalue weighted by Gasteiger charge is 2.18. The monoisotopic (exact) mass is 393 g/mol. The van der Waals surface area contributed by atoms with Crippen LogP contribution in [0.2, 0.25) is 0 Å². The Hall–Kier alpha value is -3.54. The number of esters is 1. The Morgan fingerprint density at radius 3 is 2.34 bits per heavy atom. The molecule has 6 nitrogen and oxygen atoms in total. The minimum absolute atomic E-state index is 0.269. The highest BCUT2D eigenvalue weighted by atomic mass is 16.6. The van der Waals surface area contributed by atoms with Crippen LogP contribution in [0.3, 0.4) is 0 Å². The molecule has 0 heterocycles. The summed E-state index contributed by atoms with van der Waals surface area (Å²) < 4.78 is 15.7. The van der Waals surface area contributed by atoms with Gasteiger partial charge >= 0.3 is 5.97 Å². The van der Waals surface area contributed by atoms with Crippen molar-refractivity contribution in [2.24, 2.45) is 0 Å². The molecule has 1 amide bonds. The number of benzene rings is 3. The predicted octanol–water partition coefficient (Wildman–Crippen LogP) is 3.48. The Labute approximate surface area is 169 Å². The second kappa shape index (κ2) is 9.59. The Morgan fingerprint density at radius 1 is 0.931 bits per heavy atom. The zero-order chi connectivity index (χ0) is 20.6. The first-order valence-electron chi connectivity index (χ1n) is 9.27. The van der Waals surface area contributed by atoms with Gasteiger partial charge in [-0.05, 0) is 47.5 Å². The number of methoxy groups -OCH3 is 1. The standard InChI is InChI=1S/C23H23NO5/c1-16(23(26)24-14-17-7-10-20(27-2)11-8-17)29-22(25)15-28-21-12-9-18-5-3-4-6-19(18)13-21/h3-13,16H,14-15H2,1-2H3,(H,24,26)/t16-/m0/s1. The molecule has 29 heavy (non-hydrogen) atoms. The summed E-state index contributed by atoms with van der Waals surface area (Å²) in [6, 6.07) is 20.8. The van der Waals surface area contributed by atoms with Crippen LogP contribution in [0.25, 0.3) is 10.8 Å². The lowest BCUT2D eigenvalue weighted by Gasteiger charge is -2.14. The van der Waals surface area contributed by atoms with Gasteiger partial charge in [0.1, 0.15) is 11.5 Å². The third-order valence-corrected chi connectivity index (χ3v) is 4.38. The molecule has 1 atom stereocenters. The molecule has 0 aromatic heterocycles. The van der Waals surface area contributed by atoms with Gasteiger partial charge in [-0.1, -0.05) is 42.5 Å². The van der Waals surface area contributed by atoms with Gasteiger partial charge in [0.05, 0.1) is 7.11 Å². The fourth-order valence-electron chi connectivity index (χ4n) is 2.76. The number of carbonyl (C=O) groups is 2. The van der Waals surface area contributed by atoms with E-state index in [9.17, 15) is 9.59 Å². The van der Waals surface area contributed by atoms with Gasteiger partial charge in [-0.25, -0.2) is 4.79 Å². The molecule has 0 aliphatic heterocycles. The van der Waals surface area contributed by atoms with E-state index in [1.54, 1.807) is 13.2 Å². The van der Waals surface area contributed by atoms with Crippen molar-refractivity contribution >= 4 is 22.6 Å². The molecule has 0 bridgehead atoms. The summed E-state index contributed by atoms with van der Waals surface area (Å²) in [5.41, 5.74) is 0.914. The Balaban J connectivity index is 1.44. The van der Waals surface area contributed by atoms with Gasteiger partial charge in [-0.2, -0.15) is 0 Å². The van der Waals surface area contributed by atoms with Crippen LogP contribution in [0.5, 0.6) is 11.5 Å². The van der Waals surface area contributed by atoms with Crippen molar-refractivity contribution in [3.05, 3.63) is 72.3 Å². The van der Waals surface area contributed by atoms with Crippen molar-refractivity contribution in [1.82, 2.24) is 5.32 Å². The second-order valence-electron chi connectivity index (χ2n) is 6.50. The second-order valence-corrected chi connectivity index (χ2v) is 6.50. The summed E-state index contributed by atoms with van der Waals surface area (Å²) in [7, 11) is 1.59. The summed E-state index contributed by atoms with van der Waals surface area (Å²) in [6.45, 7) is 1.59. The molecular weight excluding hydrogens is 370 g/mol. The topological polar surface area (TPSA) is 73.9 Å². The number of rotatable bonds is 8. The van der Waals surface area contributed by atoms with Gasteiger partial charge in [0, 0.05) is 6.54 Å². The van der Waals surface area contributed by atoms with E-state index < -0.39 is 12.1 Å². The fraction of sp³-hybridized carbons (Fsp3) is 0.217. The van der Waals surface area contributed by atoms with Crippen LogP contribution in [-0.2, 0) is 20.9 Å². The molecule has 0 saturated heterocycles. The summed E-state index contributed by atoms with van der Waals surface area (Å²) in [6.07, 6.45) is -0.916. The van der Waals surface area contributed by atoms with Gasteiger partial charge < -0.3 is 19.5 Å². The molecule has 0 aliphatic rings. The number of fused-ring (bicyclic) bond motifs is 1. The van der Waals surface area contributed by atoms with Crippen LogP contribution in [0.1, 0.15) is 12.5 Å². The molecule has 6 heteroatoms. The van der Waals surface area contributed by atoms with E-state index in [1.807, 2.05) is 60.7 Å². The minimum atomic E-state index is -0.916. The highest BCUT2D eigenvalue weighted by Crippen LogP contribution is 2.20. The Kier molecular flexibility index (Phi) is 6.68. The number of amides is 1. The molecule has 0 spiro atoms. The lowest BCUT2D eigenvalue weighted by atomic mass is 10.1. The van der Waals surface area contributed by atoms with Crippen molar-refractivity contribution in [3.63, 3.8) is 0 Å². The molecule has 0 unspecified atom stereocenters. The van der Waals surface area contributed by atoms with Gasteiger partial charge in [0.25, 0.3) is 5.91 Å². The molecular formula is C23H23NO5. The van der Waals surface area contributed by atoms with E-state index in [-0.39, 0.29) is 12.5 Å². The van der Waals surface area contributed by atoms with Gasteiger partial charge in [-0.3, -0.25) is 4.79 Å². The summed E-state index contributed by atoms with van der Waals surface area (Å²) >= 11 is 0. The van der Waals surface area contributed by atoms with Crippen LogP contribution in [0.15, 0.2) is 66.7 Å². The van der Waals surface area contributed by atoms with E-state index in [0.717, 1.165) is 22.1 Å². The van der Waals surface area contributed by atoms with Crippen LogP contribution in [0, 0.1) is 0 Å². The zero-order valence-electron chi connectivity index (χ0n) is 16.4. The number of nitrogens with one attached hydrogen (secondary N) is 1. The zero-order valence-corrected chi connectivity index (χ0v) is 16.4. The molecule has 1 N–H and O–H groups in total. The maximum Gasteiger partial charge on any atom is 0.344 e. The molecule has 3 aromatic carbocycles. The molecule has 0 saturated carbocycles. The van der Waals surface area contributed by atoms with E-state index in [0.29, 0.717) is 12.3 Å². The van der Waals surface area contributed by atoms with Gasteiger partial charge in [-0.15, -0.1) is 0 Å². The maximum atomic E-state index is 12.1. The molecule has 3 aromatic rings. The molecule has 150 valence electrons. The molecule has 0 fully saturated rings. The quantitative estimate of drug-likeness (QED) is 0.593. The number of hydrogen-bond acceptors (Lipinski definition) is 5. The summed E-state index contributed by atoms with van der Waals surface area (Å²) in [5.74, 6) is 0.330. The minimum Gasteiger partial charge on any atom is -0.497 e. The van der Waals surface area contributed by atoms with Crippen molar-refractivity contribution in [2.75, 3.05) is 13.7 Å². The normalized spacial score (nSPS) is 11.5. The Bertz CT molecular complexity index is 984. The number of carbonyl (C=O) groups excluding carboxylic acids is 2. The van der Waals surface area contributed by atoms with Crippen molar-refractivity contribution < 1.29 is 23.8 Å². The first-order chi connectivity index (χ1) is 14.0. The van der Waals surface area contributed by atoms with E-state index in [4.69, 9.17) is 14.2 Å². The first kappa shape index (κ1) is 20.2. The van der Waals surface area contributed by atoms with Crippen LogP contribution < -0.4 is 14.8 Å². The van der Waals surface area contributed by atoms with E-state index in [2.05, 4.69) is 5.32 Å². The van der Waals surface area contributed by atoms with Crippen LogP contribution >= 0.6 is 0 Å². The fourth-order valence-corrected chi connectivity index (χ4v) is 2.76. The van der Waals surface area contributed by atoms with E-state index >= 15 is 0 Å². The van der Waals surface area contributed by atoms with Crippen molar-refractivity contribution in [1.29, 1.82) is 0 Å². The third kappa shape index (κ3) is 5.72. The Morgan fingerprint density at radius 2 is 1.62 bits per heavy atom. The predicted molar refractivity (Wildman–Crippen MR) is 110 cm³/mol. The molecule has 0 aliphatic carbocycles. The lowest BCUT2D eigenvalue weighted by molar-refractivity contribution is -0.156. The summed E-state index contributed by atoms with van der Waals surface area (Å²) in [5, 5.41) is 4.84. The van der Waals surface area contributed by atoms with E-state index in [1.165, 1.54) is 6.92 Å². The molecule has 3 rings (SSSR count). The van der Waals surface area contributed by atoms with Gasteiger partial charge in [0.15, 0.2) is 12.7 Å². The average Bonchev–Trinajstić information content (AvgIpc) is 2.76. The van der Waals surface area contributed by atoms with Crippen molar-refractivity contribution in [3.8, 4) is 11.5 Å². The average molecular weight is 393 g/mol. The SMILES string of the molecule is COc1ccc(CNC(=O)[C@H](C)OC(=O)COc2ccc3ccccc3c2)cc1.